The zero-order valence-corrected chi connectivity index (χ0v) is 42.3. The number of esters is 3. The first kappa shape index (κ1) is 60.4. The van der Waals surface area contributed by atoms with Gasteiger partial charge in [0.2, 0.25) is 0 Å². The van der Waals surface area contributed by atoms with Gasteiger partial charge in [-0.3, -0.25) is 14.4 Å². The molecule has 0 radical (unpaired) electrons. The normalized spacial score (nSPS) is 12.0. The third-order valence-electron chi connectivity index (χ3n) is 12.8. The predicted molar refractivity (Wildman–Crippen MR) is 266 cm³/mol. The smallest absolute Gasteiger partial charge is 0.306 e. The molecule has 0 aromatic heterocycles. The first-order valence-electron chi connectivity index (χ1n) is 27.9. The number of hydrogen-bond donors (Lipinski definition) is 0. The quantitative estimate of drug-likeness (QED) is 0.0344. The summed E-state index contributed by atoms with van der Waals surface area (Å²) in [6.07, 6.45) is 53.8. The highest BCUT2D eigenvalue weighted by Crippen LogP contribution is 2.18. The zero-order valence-electron chi connectivity index (χ0n) is 42.3. The Morgan fingerprint density at radius 1 is 0.306 bits per heavy atom. The van der Waals surface area contributed by atoms with E-state index in [1.807, 2.05) is 0 Å². The molecule has 0 bridgehead atoms. The molecular weight excluding hydrogens is 769 g/mol. The van der Waals surface area contributed by atoms with Crippen LogP contribution in [0.25, 0.3) is 0 Å². The molecule has 1 atom stereocenters. The highest BCUT2D eigenvalue weighted by atomic mass is 16.6. The summed E-state index contributed by atoms with van der Waals surface area (Å²) in [6, 6.07) is 0. The van der Waals surface area contributed by atoms with Crippen molar-refractivity contribution in [3.05, 3.63) is 0 Å². The number of carbonyl (C=O) groups is 3. The van der Waals surface area contributed by atoms with E-state index in [-0.39, 0.29) is 31.1 Å². The average molecular weight is 877 g/mol. The minimum absolute atomic E-state index is 0.0624. The lowest BCUT2D eigenvalue weighted by atomic mass is 10.0. The number of carbonyl (C=O) groups excluding carboxylic acids is 3. The first-order chi connectivity index (χ1) is 30.4. The fraction of sp³-hybridized carbons (Fsp3) is 0.946. The molecule has 0 aliphatic heterocycles. The topological polar surface area (TPSA) is 78.9 Å². The van der Waals surface area contributed by atoms with E-state index in [0.29, 0.717) is 19.3 Å². The van der Waals surface area contributed by atoms with E-state index in [4.69, 9.17) is 14.2 Å². The lowest BCUT2D eigenvalue weighted by Gasteiger charge is -2.18. The Morgan fingerprint density at radius 2 is 0.532 bits per heavy atom. The van der Waals surface area contributed by atoms with Crippen molar-refractivity contribution in [1.82, 2.24) is 0 Å². The van der Waals surface area contributed by atoms with Gasteiger partial charge < -0.3 is 14.2 Å². The van der Waals surface area contributed by atoms with Crippen LogP contribution in [0.15, 0.2) is 0 Å². The number of unbranched alkanes of at least 4 members (excludes halogenated alkanes) is 38. The summed E-state index contributed by atoms with van der Waals surface area (Å²) in [7, 11) is 0. The molecule has 0 amide bonds. The fourth-order valence-corrected chi connectivity index (χ4v) is 8.57. The zero-order chi connectivity index (χ0) is 45.2. The Hall–Kier alpha value is -1.59. The number of rotatable bonds is 51. The minimum atomic E-state index is -0.760. The third-order valence-corrected chi connectivity index (χ3v) is 12.8. The second-order valence-corrected chi connectivity index (χ2v) is 19.7. The van der Waals surface area contributed by atoms with Crippen molar-refractivity contribution in [2.24, 2.45) is 5.92 Å². The van der Waals surface area contributed by atoms with Gasteiger partial charge in [0.1, 0.15) is 13.2 Å². The Bertz CT molecular complexity index is 933. The van der Waals surface area contributed by atoms with Gasteiger partial charge in [0.25, 0.3) is 0 Å². The average Bonchev–Trinajstić information content (AvgIpc) is 3.26. The van der Waals surface area contributed by atoms with Crippen LogP contribution in [0.3, 0.4) is 0 Å². The standard InChI is InChI=1S/C56H108O6/c1-5-7-9-11-13-15-16-17-18-19-20-21-26-29-33-37-41-45-49-56(59)62-53(50-60-54(57)47-43-39-35-30-14-12-10-8-6-2)51-61-55(58)48-44-40-36-32-28-25-23-22-24-27-31-34-38-42-46-52(3)4/h52-53H,5-51H2,1-4H3/t53-/m0/s1. The Morgan fingerprint density at radius 3 is 0.790 bits per heavy atom. The van der Waals surface area contributed by atoms with Crippen LogP contribution < -0.4 is 0 Å². The van der Waals surface area contributed by atoms with E-state index < -0.39 is 6.10 Å². The largest absolute Gasteiger partial charge is 0.462 e. The summed E-state index contributed by atoms with van der Waals surface area (Å²) in [5, 5.41) is 0. The molecule has 0 fully saturated rings. The van der Waals surface area contributed by atoms with Crippen LogP contribution >= 0.6 is 0 Å². The molecule has 0 saturated heterocycles. The maximum atomic E-state index is 12.8. The summed E-state index contributed by atoms with van der Waals surface area (Å²) in [5.74, 6) is 0.00331. The van der Waals surface area contributed by atoms with Crippen molar-refractivity contribution < 1.29 is 28.6 Å². The van der Waals surface area contributed by atoms with Gasteiger partial charge in [-0.25, -0.2) is 0 Å². The van der Waals surface area contributed by atoms with E-state index in [9.17, 15) is 14.4 Å². The predicted octanol–water partition coefficient (Wildman–Crippen LogP) is 18.2. The molecule has 6 nitrogen and oxygen atoms in total. The molecule has 0 saturated carbocycles. The molecule has 0 unspecified atom stereocenters. The molecule has 0 aliphatic rings. The summed E-state index contributed by atoms with van der Waals surface area (Å²) in [6.45, 7) is 9.04. The molecule has 62 heavy (non-hydrogen) atoms. The lowest BCUT2D eigenvalue weighted by Crippen LogP contribution is -2.30. The SMILES string of the molecule is CCCCCCCCCCCCCCCCCCCCC(=O)O[C@@H](COC(=O)CCCCCCCCCCC)COC(=O)CCCCCCCCCCCCCCCCC(C)C. The van der Waals surface area contributed by atoms with Crippen LogP contribution in [0, 0.1) is 5.92 Å². The van der Waals surface area contributed by atoms with Crippen LogP contribution in [-0.4, -0.2) is 37.2 Å². The van der Waals surface area contributed by atoms with Crippen LogP contribution in [0.4, 0.5) is 0 Å². The molecule has 0 aromatic carbocycles. The third kappa shape index (κ3) is 49.4. The van der Waals surface area contributed by atoms with E-state index in [1.165, 1.54) is 212 Å². The van der Waals surface area contributed by atoms with Crippen LogP contribution in [0.5, 0.6) is 0 Å². The first-order valence-corrected chi connectivity index (χ1v) is 27.9. The fourth-order valence-electron chi connectivity index (χ4n) is 8.57. The highest BCUT2D eigenvalue weighted by molar-refractivity contribution is 5.71. The van der Waals surface area contributed by atoms with E-state index in [2.05, 4.69) is 27.7 Å². The van der Waals surface area contributed by atoms with Gasteiger partial charge in [0.05, 0.1) is 0 Å². The van der Waals surface area contributed by atoms with Crippen LogP contribution in [0.1, 0.15) is 317 Å². The van der Waals surface area contributed by atoms with Gasteiger partial charge in [-0.1, -0.05) is 278 Å². The minimum Gasteiger partial charge on any atom is -0.462 e. The maximum Gasteiger partial charge on any atom is 0.306 e. The van der Waals surface area contributed by atoms with E-state index >= 15 is 0 Å². The van der Waals surface area contributed by atoms with Gasteiger partial charge in [0, 0.05) is 19.3 Å². The number of hydrogen-bond acceptors (Lipinski definition) is 6. The van der Waals surface area contributed by atoms with Gasteiger partial charge in [-0.15, -0.1) is 0 Å². The van der Waals surface area contributed by atoms with Gasteiger partial charge in [0.15, 0.2) is 6.10 Å². The highest BCUT2D eigenvalue weighted by Gasteiger charge is 2.19. The molecule has 6 heteroatoms. The molecular formula is C56H108O6. The van der Waals surface area contributed by atoms with Crippen molar-refractivity contribution >= 4 is 17.9 Å². The van der Waals surface area contributed by atoms with Crippen molar-refractivity contribution in [1.29, 1.82) is 0 Å². The molecule has 0 aliphatic carbocycles. The van der Waals surface area contributed by atoms with Gasteiger partial charge >= 0.3 is 17.9 Å². The second-order valence-electron chi connectivity index (χ2n) is 19.7. The van der Waals surface area contributed by atoms with Crippen molar-refractivity contribution in [3.8, 4) is 0 Å². The molecule has 0 heterocycles. The summed E-state index contributed by atoms with van der Waals surface area (Å²) in [5.41, 5.74) is 0. The van der Waals surface area contributed by atoms with Crippen LogP contribution in [0.2, 0.25) is 0 Å². The van der Waals surface area contributed by atoms with Crippen LogP contribution in [-0.2, 0) is 28.6 Å². The van der Waals surface area contributed by atoms with Gasteiger partial charge in [-0.2, -0.15) is 0 Å². The summed E-state index contributed by atoms with van der Waals surface area (Å²) >= 11 is 0. The second kappa shape index (κ2) is 50.4. The lowest BCUT2D eigenvalue weighted by molar-refractivity contribution is -0.167. The summed E-state index contributed by atoms with van der Waals surface area (Å²) < 4.78 is 16.8. The monoisotopic (exact) mass is 877 g/mol. The summed E-state index contributed by atoms with van der Waals surface area (Å²) in [4.78, 5) is 38.0. The Balaban J connectivity index is 4.22. The Kier molecular flexibility index (Phi) is 49.1. The molecule has 0 aromatic rings. The van der Waals surface area contributed by atoms with Crippen molar-refractivity contribution in [3.63, 3.8) is 0 Å². The number of ether oxygens (including phenoxy) is 3. The maximum absolute atomic E-state index is 12.8. The van der Waals surface area contributed by atoms with Crippen molar-refractivity contribution in [2.75, 3.05) is 13.2 Å². The molecule has 0 N–H and O–H groups in total. The van der Waals surface area contributed by atoms with Gasteiger partial charge in [-0.05, 0) is 25.2 Å². The van der Waals surface area contributed by atoms with Crippen molar-refractivity contribution in [2.45, 2.75) is 323 Å². The van der Waals surface area contributed by atoms with E-state index in [1.54, 1.807) is 0 Å². The molecule has 0 spiro atoms. The molecule has 368 valence electrons. The Labute approximate surface area is 387 Å². The van der Waals surface area contributed by atoms with E-state index in [0.717, 1.165) is 63.7 Å². The molecule has 0 rings (SSSR count).